The van der Waals surface area contributed by atoms with Crippen LogP contribution in [0.25, 0.3) is 0 Å². The molecule has 2 N–H and O–H groups in total. The van der Waals surface area contributed by atoms with E-state index in [1.54, 1.807) is 0 Å². The van der Waals surface area contributed by atoms with E-state index < -0.39 is 97.1 Å². The minimum atomic E-state index is -3.36. The zero-order valence-electron chi connectivity index (χ0n) is 20.4. The Morgan fingerprint density at radius 2 is 1.26 bits per heavy atom. The second-order valence-corrected chi connectivity index (χ2v) is 9.53. The number of aliphatic carboxylic acids is 1. The summed E-state index contributed by atoms with van der Waals surface area (Å²) >= 11 is 5.57. The van der Waals surface area contributed by atoms with E-state index in [9.17, 15) is 39.9 Å². The van der Waals surface area contributed by atoms with Crippen molar-refractivity contribution in [3.8, 4) is 11.5 Å². The molecule has 0 fully saturated rings. The Bertz CT molecular complexity index is 1120. The topological polar surface area (TPSA) is 76.0 Å². The molecule has 220 valence electrons. The lowest BCUT2D eigenvalue weighted by Gasteiger charge is -2.22. The maximum Gasteiger partial charge on any atom is 0.347 e. The normalized spacial score (nSPS) is 13.3. The van der Waals surface area contributed by atoms with E-state index in [1.165, 1.54) is 13.8 Å². The van der Waals surface area contributed by atoms with Crippen molar-refractivity contribution in [3.63, 3.8) is 0 Å². The molecule has 0 aliphatic heterocycles. The lowest BCUT2D eigenvalue weighted by Crippen LogP contribution is -2.30. The van der Waals surface area contributed by atoms with E-state index in [0.717, 1.165) is 18.2 Å². The fourth-order valence-corrected chi connectivity index (χ4v) is 3.49. The first-order valence-corrected chi connectivity index (χ1v) is 12.7. The number of alkyl halides is 6. The van der Waals surface area contributed by atoms with Crippen LogP contribution in [-0.2, 0) is 16.6 Å². The van der Waals surface area contributed by atoms with Gasteiger partial charge in [0.2, 0.25) is 6.10 Å². The first-order chi connectivity index (χ1) is 18.1. The molecule has 0 amide bonds. The number of ether oxygens (including phenoxy) is 2. The van der Waals surface area contributed by atoms with Gasteiger partial charge in [-0.3, -0.25) is 0 Å². The summed E-state index contributed by atoms with van der Waals surface area (Å²) in [6.07, 6.45) is -4.38. The van der Waals surface area contributed by atoms with E-state index in [-0.39, 0.29) is 8.95 Å². The number of halogens is 10. The number of benzene rings is 2. The van der Waals surface area contributed by atoms with Crippen LogP contribution in [0.15, 0.2) is 33.2 Å². The van der Waals surface area contributed by atoms with Gasteiger partial charge in [0.1, 0.15) is 42.6 Å². The number of aliphatic hydroxyl groups excluding tert-OH is 1. The molecule has 0 unspecified atom stereocenters. The van der Waals surface area contributed by atoms with Crippen LogP contribution in [0.4, 0.5) is 35.1 Å². The number of rotatable bonds is 12. The maximum absolute atomic E-state index is 13.7. The zero-order chi connectivity index (χ0) is 30.1. The number of carboxylic acids is 1. The lowest BCUT2D eigenvalue weighted by molar-refractivity contribution is -0.146. The van der Waals surface area contributed by atoms with Gasteiger partial charge in [-0.15, -0.1) is 0 Å². The summed E-state index contributed by atoms with van der Waals surface area (Å²) in [5.41, 5.74) is -1.25. The Morgan fingerprint density at radius 3 is 1.56 bits per heavy atom. The zero-order valence-corrected chi connectivity index (χ0v) is 23.6. The third kappa shape index (κ3) is 9.48. The van der Waals surface area contributed by atoms with Crippen molar-refractivity contribution in [2.24, 2.45) is 0 Å². The molecule has 0 saturated heterocycles. The summed E-state index contributed by atoms with van der Waals surface area (Å²) in [6.45, 7) is -0.717. The van der Waals surface area contributed by atoms with Crippen molar-refractivity contribution >= 4 is 37.8 Å². The van der Waals surface area contributed by atoms with E-state index in [2.05, 4.69) is 36.6 Å². The van der Waals surface area contributed by atoms with Crippen LogP contribution in [-0.4, -0.2) is 48.3 Å². The molecular weight excluding hydrogens is 680 g/mol. The monoisotopic (exact) mass is 702 g/mol. The van der Waals surface area contributed by atoms with Crippen molar-refractivity contribution in [2.75, 3.05) is 20.0 Å². The lowest BCUT2D eigenvalue weighted by atomic mass is 10.0. The third-order valence-corrected chi connectivity index (χ3v) is 6.29. The molecule has 0 aromatic heterocycles. The van der Waals surface area contributed by atoms with E-state index in [1.807, 2.05) is 0 Å². The van der Waals surface area contributed by atoms with Gasteiger partial charge < -0.3 is 19.7 Å². The smallest absolute Gasteiger partial charge is 0.347 e. The van der Waals surface area contributed by atoms with E-state index >= 15 is 0 Å². The fourth-order valence-electron chi connectivity index (χ4n) is 2.80. The highest BCUT2D eigenvalue weighted by atomic mass is 79.9. The van der Waals surface area contributed by atoms with Crippen LogP contribution < -0.4 is 9.47 Å². The number of hydrogen-bond donors (Lipinski definition) is 2. The molecule has 15 heteroatoms. The van der Waals surface area contributed by atoms with Crippen LogP contribution >= 0.6 is 31.9 Å². The standard InChI is InChI=1S/C12H11BrF4O3.C12H13BrF4O2/c1-2-12(16,17)6-3-7(13)8(15)4-9(6)20-10(5-14)11(18)19;1-2-12(16,17)8-3-9(13)10(15)4-11(8)19-7(5-14)6-18/h3-4,10H,2,5H2,1H3,(H,18,19);3-4,7,18H,2,5-6H2,1H3/t10-;7-/m00/s1. The molecule has 2 aromatic rings. The maximum atomic E-state index is 13.7. The third-order valence-electron chi connectivity index (χ3n) is 5.08. The van der Waals surface area contributed by atoms with Gasteiger partial charge in [-0.1, -0.05) is 13.8 Å². The van der Waals surface area contributed by atoms with Crippen molar-refractivity contribution in [1.29, 1.82) is 0 Å². The van der Waals surface area contributed by atoms with Gasteiger partial charge >= 0.3 is 5.97 Å². The molecule has 2 aromatic carbocycles. The molecule has 39 heavy (non-hydrogen) atoms. The van der Waals surface area contributed by atoms with Gasteiger partial charge in [0.15, 0.2) is 0 Å². The van der Waals surface area contributed by atoms with Crippen molar-refractivity contribution in [2.45, 2.75) is 50.7 Å². The van der Waals surface area contributed by atoms with Crippen molar-refractivity contribution < 1.29 is 59.6 Å². The van der Waals surface area contributed by atoms with Gasteiger partial charge in [-0.2, -0.15) is 0 Å². The molecule has 0 radical (unpaired) electrons. The predicted molar refractivity (Wildman–Crippen MR) is 132 cm³/mol. The summed E-state index contributed by atoms with van der Waals surface area (Å²) in [5, 5.41) is 17.5. The Balaban J connectivity index is 0.000000391. The Kier molecular flexibility index (Phi) is 13.4. The minimum absolute atomic E-state index is 0.135. The van der Waals surface area contributed by atoms with Crippen LogP contribution in [0, 0.1) is 11.6 Å². The van der Waals surface area contributed by atoms with Gasteiger partial charge in [-0.25, -0.2) is 39.9 Å². The molecule has 2 rings (SSSR count). The fraction of sp³-hybridized carbons (Fsp3) is 0.458. The van der Waals surface area contributed by atoms with Crippen molar-refractivity contribution in [3.05, 3.63) is 56.0 Å². The van der Waals surface area contributed by atoms with Gasteiger partial charge in [0, 0.05) is 25.0 Å². The average Bonchev–Trinajstić information content (AvgIpc) is 2.89. The Morgan fingerprint density at radius 1 is 0.846 bits per heavy atom. The number of carbonyl (C=O) groups is 1. The first-order valence-electron chi connectivity index (χ1n) is 11.1. The molecule has 0 bridgehead atoms. The van der Waals surface area contributed by atoms with Crippen LogP contribution in [0.3, 0.4) is 0 Å². The summed E-state index contributed by atoms with van der Waals surface area (Å²) in [7, 11) is 0. The van der Waals surface area contributed by atoms with Gasteiger partial charge in [-0.05, 0) is 44.0 Å². The highest BCUT2D eigenvalue weighted by Gasteiger charge is 2.36. The quantitative estimate of drug-likeness (QED) is 0.222. The number of carboxylic acid groups (broad SMARTS) is 1. The summed E-state index contributed by atoms with van der Waals surface area (Å²) in [6, 6.07) is 3.06. The molecule has 0 aliphatic rings. The molecular formula is C24H24Br2F8O5. The molecule has 0 spiro atoms. The van der Waals surface area contributed by atoms with Crippen LogP contribution in [0.2, 0.25) is 0 Å². The van der Waals surface area contributed by atoms with Gasteiger partial charge in [0.05, 0.1) is 26.7 Å². The molecule has 0 aliphatic carbocycles. The Labute approximate surface area is 235 Å². The summed E-state index contributed by atoms with van der Waals surface area (Å²) < 4.78 is 116. The molecule has 0 saturated carbocycles. The number of hydrogen-bond acceptors (Lipinski definition) is 4. The van der Waals surface area contributed by atoms with Crippen LogP contribution in [0.5, 0.6) is 11.5 Å². The van der Waals surface area contributed by atoms with Gasteiger partial charge in [0.25, 0.3) is 11.8 Å². The average molecular weight is 704 g/mol. The molecule has 2 atom stereocenters. The second-order valence-electron chi connectivity index (χ2n) is 7.82. The summed E-state index contributed by atoms with van der Waals surface area (Å²) in [4.78, 5) is 10.7. The highest BCUT2D eigenvalue weighted by Crippen LogP contribution is 2.41. The summed E-state index contributed by atoms with van der Waals surface area (Å²) in [5.74, 6) is -11.1. The molecule has 0 heterocycles. The first kappa shape index (κ1) is 34.9. The largest absolute Gasteiger partial charge is 0.485 e. The minimum Gasteiger partial charge on any atom is -0.485 e. The Hall–Kier alpha value is -2.13. The predicted octanol–water partition coefficient (Wildman–Crippen LogP) is 7.69. The van der Waals surface area contributed by atoms with E-state index in [4.69, 9.17) is 14.9 Å². The highest BCUT2D eigenvalue weighted by molar-refractivity contribution is 9.10. The SMILES string of the molecule is CCC(F)(F)c1cc(Br)c(F)cc1O[C@@H](CF)C(=O)O.CCC(F)(F)c1cc(Br)c(F)cc1O[C@H](CO)CF. The van der Waals surface area contributed by atoms with E-state index in [0.29, 0.717) is 6.07 Å². The van der Waals surface area contributed by atoms with Crippen molar-refractivity contribution in [1.82, 2.24) is 0 Å². The second kappa shape index (κ2) is 15.0. The molecule has 5 nitrogen and oxygen atoms in total. The number of aliphatic hydroxyl groups is 1. The van der Waals surface area contributed by atoms with Crippen LogP contribution in [0.1, 0.15) is 37.8 Å².